The summed E-state index contributed by atoms with van der Waals surface area (Å²) in [5, 5.41) is 3.64. The van der Waals surface area contributed by atoms with Crippen LogP contribution in [-0.2, 0) is 9.53 Å². The molecule has 1 aliphatic carbocycles. The van der Waals surface area contributed by atoms with Crippen LogP contribution in [-0.4, -0.2) is 49.7 Å². The van der Waals surface area contributed by atoms with E-state index in [1.165, 1.54) is 20.0 Å². The van der Waals surface area contributed by atoms with Gasteiger partial charge in [0.25, 0.3) is 0 Å². The van der Waals surface area contributed by atoms with Crippen molar-refractivity contribution < 1.29 is 9.53 Å². The number of hydrogen-bond donors (Lipinski definition) is 1. The maximum Gasteiger partial charge on any atom is 0.310 e. The third-order valence-electron chi connectivity index (χ3n) is 3.65. The monoisotopic (exact) mass is 240 g/mol. The van der Waals surface area contributed by atoms with E-state index in [1.54, 1.807) is 0 Å². The van der Waals surface area contributed by atoms with E-state index in [0.717, 1.165) is 32.5 Å². The second-order valence-electron chi connectivity index (χ2n) is 5.35. The normalized spacial score (nSPS) is 30.2. The van der Waals surface area contributed by atoms with Gasteiger partial charge in [0.15, 0.2) is 0 Å². The minimum Gasteiger partial charge on any atom is -0.469 e. The van der Waals surface area contributed by atoms with Crippen LogP contribution in [0.15, 0.2) is 0 Å². The van der Waals surface area contributed by atoms with Gasteiger partial charge in [-0.15, -0.1) is 0 Å². The highest BCUT2D eigenvalue weighted by atomic mass is 16.5. The van der Waals surface area contributed by atoms with E-state index in [1.807, 2.05) is 0 Å². The fraction of sp³-hybridized carbons (Fsp3) is 0.923. The van der Waals surface area contributed by atoms with Gasteiger partial charge in [0.05, 0.1) is 13.0 Å². The maximum absolute atomic E-state index is 11.7. The van der Waals surface area contributed by atoms with Gasteiger partial charge in [-0.1, -0.05) is 6.92 Å². The third kappa shape index (κ3) is 3.68. The quantitative estimate of drug-likeness (QED) is 0.728. The lowest BCUT2D eigenvalue weighted by Crippen LogP contribution is -2.51. The molecule has 0 bridgehead atoms. The van der Waals surface area contributed by atoms with Gasteiger partial charge in [-0.2, -0.15) is 0 Å². The summed E-state index contributed by atoms with van der Waals surface area (Å²) in [7, 11) is 1.49. The molecule has 2 rings (SSSR count). The first kappa shape index (κ1) is 12.8. The highest BCUT2D eigenvalue weighted by Crippen LogP contribution is 2.24. The molecule has 4 heteroatoms. The first-order valence-corrected chi connectivity index (χ1v) is 6.79. The maximum atomic E-state index is 11.7. The number of carbonyl (C=O) groups is 1. The Hall–Kier alpha value is -0.610. The largest absolute Gasteiger partial charge is 0.469 e. The molecule has 1 saturated carbocycles. The Morgan fingerprint density at radius 2 is 2.12 bits per heavy atom. The number of nitrogens with zero attached hydrogens (tertiary/aromatic N) is 1. The highest BCUT2D eigenvalue weighted by Gasteiger charge is 2.34. The number of nitrogens with one attached hydrogen (secondary N) is 1. The van der Waals surface area contributed by atoms with Crippen molar-refractivity contribution in [2.45, 2.75) is 44.7 Å². The summed E-state index contributed by atoms with van der Waals surface area (Å²) in [6.07, 6.45) is 4.67. The van der Waals surface area contributed by atoms with Crippen molar-refractivity contribution in [2.75, 3.05) is 26.7 Å². The topological polar surface area (TPSA) is 41.6 Å². The van der Waals surface area contributed by atoms with Crippen LogP contribution in [0.5, 0.6) is 0 Å². The Balaban J connectivity index is 1.90. The van der Waals surface area contributed by atoms with Gasteiger partial charge < -0.3 is 15.0 Å². The van der Waals surface area contributed by atoms with Crippen LogP contribution in [0.25, 0.3) is 0 Å². The molecular weight excluding hydrogens is 216 g/mol. The minimum atomic E-state index is -0.0478. The Morgan fingerprint density at radius 3 is 2.71 bits per heavy atom. The van der Waals surface area contributed by atoms with Crippen LogP contribution in [0.1, 0.15) is 32.6 Å². The van der Waals surface area contributed by atoms with E-state index >= 15 is 0 Å². The Kier molecular flexibility index (Phi) is 4.40. The van der Waals surface area contributed by atoms with Gasteiger partial charge in [0.1, 0.15) is 0 Å². The zero-order chi connectivity index (χ0) is 12.3. The number of likely N-dealkylation sites (tertiary alicyclic amines) is 1. The molecule has 98 valence electrons. The lowest BCUT2D eigenvalue weighted by Gasteiger charge is -2.37. The zero-order valence-electron chi connectivity index (χ0n) is 10.9. The van der Waals surface area contributed by atoms with Crippen molar-refractivity contribution in [1.82, 2.24) is 10.2 Å². The van der Waals surface area contributed by atoms with E-state index in [-0.39, 0.29) is 11.9 Å². The molecule has 1 N–H and O–H groups in total. The SMILES string of the molecule is CCCN1CC(NC2CC2)CC(C(=O)OC)C1. The van der Waals surface area contributed by atoms with Crippen LogP contribution in [0.3, 0.4) is 0 Å². The number of carbonyl (C=O) groups excluding carboxylic acids is 1. The lowest BCUT2D eigenvalue weighted by molar-refractivity contribution is -0.147. The van der Waals surface area contributed by atoms with Gasteiger partial charge in [-0.05, 0) is 32.2 Å². The summed E-state index contributed by atoms with van der Waals surface area (Å²) < 4.78 is 4.89. The van der Waals surface area contributed by atoms with Gasteiger partial charge in [0.2, 0.25) is 0 Å². The summed E-state index contributed by atoms with van der Waals surface area (Å²) in [6, 6.07) is 1.17. The fourth-order valence-electron chi connectivity index (χ4n) is 2.73. The summed E-state index contributed by atoms with van der Waals surface area (Å²) >= 11 is 0. The molecule has 4 nitrogen and oxygen atoms in total. The predicted molar refractivity (Wildman–Crippen MR) is 66.8 cm³/mol. The summed E-state index contributed by atoms with van der Waals surface area (Å²) in [5.41, 5.74) is 0. The first-order chi connectivity index (χ1) is 8.22. The van der Waals surface area contributed by atoms with Crippen LogP contribution in [0.4, 0.5) is 0 Å². The lowest BCUT2D eigenvalue weighted by atomic mass is 9.94. The first-order valence-electron chi connectivity index (χ1n) is 6.79. The molecule has 0 spiro atoms. The van der Waals surface area contributed by atoms with Gasteiger partial charge in [-0.25, -0.2) is 0 Å². The molecule has 0 aromatic rings. The number of rotatable bonds is 5. The molecule has 2 fully saturated rings. The Labute approximate surface area is 104 Å². The average Bonchev–Trinajstić information content (AvgIpc) is 3.12. The van der Waals surface area contributed by atoms with Crippen molar-refractivity contribution in [2.24, 2.45) is 5.92 Å². The standard InChI is InChI=1S/C13H24N2O2/c1-3-6-15-8-10(13(16)17-2)7-12(9-15)14-11-4-5-11/h10-12,14H,3-9H2,1-2H3. The van der Waals surface area contributed by atoms with Crippen molar-refractivity contribution in [3.8, 4) is 0 Å². The van der Waals surface area contributed by atoms with E-state index in [4.69, 9.17) is 4.74 Å². The van der Waals surface area contributed by atoms with E-state index < -0.39 is 0 Å². The Morgan fingerprint density at radius 1 is 1.35 bits per heavy atom. The molecule has 2 aliphatic rings. The second-order valence-corrected chi connectivity index (χ2v) is 5.35. The van der Waals surface area contributed by atoms with Gasteiger partial charge >= 0.3 is 5.97 Å². The van der Waals surface area contributed by atoms with Gasteiger partial charge in [-0.3, -0.25) is 4.79 Å². The number of piperidine rings is 1. The van der Waals surface area contributed by atoms with Crippen LogP contribution < -0.4 is 5.32 Å². The van der Waals surface area contributed by atoms with E-state index in [0.29, 0.717) is 12.1 Å². The third-order valence-corrected chi connectivity index (χ3v) is 3.65. The van der Waals surface area contributed by atoms with Crippen molar-refractivity contribution in [3.63, 3.8) is 0 Å². The zero-order valence-corrected chi connectivity index (χ0v) is 10.9. The van der Waals surface area contributed by atoms with Crippen LogP contribution >= 0.6 is 0 Å². The van der Waals surface area contributed by atoms with E-state index in [2.05, 4.69) is 17.1 Å². The summed E-state index contributed by atoms with van der Waals surface area (Å²) in [6.45, 7) is 5.21. The molecule has 2 unspecified atom stereocenters. The molecule has 1 saturated heterocycles. The number of hydrogen-bond acceptors (Lipinski definition) is 4. The molecule has 1 heterocycles. The summed E-state index contributed by atoms with van der Waals surface area (Å²) in [5.74, 6) is 0.00458. The highest BCUT2D eigenvalue weighted by molar-refractivity contribution is 5.72. The molecule has 0 amide bonds. The molecule has 1 aliphatic heterocycles. The van der Waals surface area contributed by atoms with E-state index in [9.17, 15) is 4.79 Å². The molecule has 0 radical (unpaired) electrons. The van der Waals surface area contributed by atoms with Crippen molar-refractivity contribution in [1.29, 1.82) is 0 Å². The molecule has 0 aromatic heterocycles. The molecule has 2 atom stereocenters. The van der Waals surface area contributed by atoms with Crippen molar-refractivity contribution >= 4 is 5.97 Å². The predicted octanol–water partition coefficient (Wildman–Crippen LogP) is 1.01. The van der Waals surface area contributed by atoms with Crippen LogP contribution in [0, 0.1) is 5.92 Å². The summed E-state index contributed by atoms with van der Waals surface area (Å²) in [4.78, 5) is 14.1. The second kappa shape index (κ2) is 5.83. The number of ether oxygens (including phenoxy) is 1. The number of esters is 1. The minimum absolute atomic E-state index is 0.0478. The average molecular weight is 240 g/mol. The number of methoxy groups -OCH3 is 1. The molecule has 0 aromatic carbocycles. The Bertz CT molecular complexity index is 266. The van der Waals surface area contributed by atoms with Crippen LogP contribution in [0.2, 0.25) is 0 Å². The molecular formula is C13H24N2O2. The van der Waals surface area contributed by atoms with Crippen molar-refractivity contribution in [3.05, 3.63) is 0 Å². The smallest absolute Gasteiger partial charge is 0.310 e. The van der Waals surface area contributed by atoms with Gasteiger partial charge in [0, 0.05) is 25.2 Å². The fourth-order valence-corrected chi connectivity index (χ4v) is 2.73. The molecule has 17 heavy (non-hydrogen) atoms.